The number of nitrogens with zero attached hydrogens (tertiary/aromatic N) is 1. The molecule has 120 valence electrons. The van der Waals surface area contributed by atoms with E-state index in [1.54, 1.807) is 4.90 Å². The number of hydrogen-bond acceptors (Lipinski definition) is 4. The van der Waals surface area contributed by atoms with Crippen molar-refractivity contribution in [1.29, 1.82) is 0 Å². The number of esters is 1. The molecule has 0 saturated carbocycles. The number of piperidine rings is 1. The molecule has 1 aliphatic rings. The zero-order valence-electron chi connectivity index (χ0n) is 13.2. The highest BCUT2D eigenvalue weighted by molar-refractivity contribution is 5.75. The first kappa shape index (κ1) is 16.3. The van der Waals surface area contributed by atoms with Crippen LogP contribution in [0.1, 0.15) is 31.7 Å². The molecule has 0 radical (unpaired) electrons. The molecule has 1 heterocycles. The maximum atomic E-state index is 12.3. The summed E-state index contributed by atoms with van der Waals surface area (Å²) in [6, 6.07) is 9.70. The molecule has 1 saturated heterocycles. The van der Waals surface area contributed by atoms with Gasteiger partial charge in [-0.05, 0) is 24.8 Å². The van der Waals surface area contributed by atoms with Gasteiger partial charge in [0.15, 0.2) is 0 Å². The first-order chi connectivity index (χ1) is 10.7. The van der Waals surface area contributed by atoms with Crippen LogP contribution >= 0.6 is 0 Å². The summed E-state index contributed by atoms with van der Waals surface area (Å²) in [7, 11) is 1.38. The molecule has 2 unspecified atom stereocenters. The van der Waals surface area contributed by atoms with Crippen LogP contribution in [0, 0.1) is 5.92 Å². The van der Waals surface area contributed by atoms with E-state index in [1.807, 2.05) is 37.3 Å². The summed E-state index contributed by atoms with van der Waals surface area (Å²) in [5, 5.41) is 0. The Morgan fingerprint density at radius 2 is 1.95 bits per heavy atom. The molecule has 0 spiro atoms. The Bertz CT molecular complexity index is 503. The SMILES string of the molecule is CCC1CCC(C(=O)OC)CN1C(=O)OCc1ccccc1. The van der Waals surface area contributed by atoms with Gasteiger partial charge in [0.25, 0.3) is 0 Å². The van der Waals surface area contributed by atoms with Gasteiger partial charge in [-0.3, -0.25) is 4.79 Å². The molecular weight excluding hydrogens is 282 g/mol. The van der Waals surface area contributed by atoms with Crippen molar-refractivity contribution in [2.24, 2.45) is 5.92 Å². The fraction of sp³-hybridized carbons (Fsp3) is 0.529. The van der Waals surface area contributed by atoms with Crippen LogP contribution in [0.5, 0.6) is 0 Å². The van der Waals surface area contributed by atoms with Crippen molar-refractivity contribution in [2.75, 3.05) is 13.7 Å². The molecule has 1 aromatic carbocycles. The second-order valence-corrected chi connectivity index (χ2v) is 5.55. The lowest BCUT2D eigenvalue weighted by molar-refractivity contribution is -0.147. The van der Waals surface area contributed by atoms with Crippen LogP contribution in [-0.4, -0.2) is 36.7 Å². The third-order valence-electron chi connectivity index (χ3n) is 4.15. The Balaban J connectivity index is 1.96. The van der Waals surface area contributed by atoms with Crippen LogP contribution < -0.4 is 0 Å². The predicted octanol–water partition coefficient (Wildman–Crippen LogP) is 2.99. The molecule has 0 bridgehead atoms. The topological polar surface area (TPSA) is 55.8 Å². The molecule has 22 heavy (non-hydrogen) atoms. The van der Waals surface area contributed by atoms with Crippen LogP contribution in [0.25, 0.3) is 0 Å². The molecular formula is C17H23NO4. The normalized spacial score (nSPS) is 21.3. The Labute approximate surface area is 131 Å². The summed E-state index contributed by atoms with van der Waals surface area (Å²) in [5.41, 5.74) is 0.949. The smallest absolute Gasteiger partial charge is 0.410 e. The fourth-order valence-electron chi connectivity index (χ4n) is 2.84. The van der Waals surface area contributed by atoms with Gasteiger partial charge in [0.1, 0.15) is 6.61 Å². The van der Waals surface area contributed by atoms with Crippen molar-refractivity contribution in [2.45, 2.75) is 38.8 Å². The van der Waals surface area contributed by atoms with E-state index in [2.05, 4.69) is 0 Å². The summed E-state index contributed by atoms with van der Waals surface area (Å²) in [6.07, 6.45) is 2.06. The molecule has 0 aromatic heterocycles. The number of hydrogen-bond donors (Lipinski definition) is 0. The minimum absolute atomic E-state index is 0.129. The second kappa shape index (κ2) is 7.82. The summed E-state index contributed by atoms with van der Waals surface area (Å²) >= 11 is 0. The number of ether oxygens (including phenoxy) is 2. The maximum Gasteiger partial charge on any atom is 0.410 e. The van der Waals surface area contributed by atoms with Crippen LogP contribution in [-0.2, 0) is 20.9 Å². The molecule has 5 heteroatoms. The monoisotopic (exact) mass is 305 g/mol. The lowest BCUT2D eigenvalue weighted by Gasteiger charge is -2.37. The van der Waals surface area contributed by atoms with Gasteiger partial charge in [0.2, 0.25) is 0 Å². The van der Waals surface area contributed by atoms with Gasteiger partial charge < -0.3 is 14.4 Å². The highest BCUT2D eigenvalue weighted by atomic mass is 16.6. The minimum Gasteiger partial charge on any atom is -0.469 e. The standard InChI is InChI=1S/C17H23NO4/c1-3-15-10-9-14(16(19)21-2)11-18(15)17(20)22-12-13-7-5-4-6-8-13/h4-8,14-15H,3,9-12H2,1-2H3. The molecule has 1 fully saturated rings. The Morgan fingerprint density at radius 1 is 1.23 bits per heavy atom. The van der Waals surface area contributed by atoms with Crippen LogP contribution in [0.2, 0.25) is 0 Å². The third kappa shape index (κ3) is 4.00. The summed E-state index contributed by atoms with van der Waals surface area (Å²) < 4.78 is 10.2. The molecule has 0 aliphatic carbocycles. The summed E-state index contributed by atoms with van der Waals surface area (Å²) in [4.78, 5) is 25.7. The number of rotatable bonds is 4. The second-order valence-electron chi connectivity index (χ2n) is 5.55. The zero-order chi connectivity index (χ0) is 15.9. The van der Waals surface area contributed by atoms with Crippen molar-refractivity contribution in [3.05, 3.63) is 35.9 Å². The number of amides is 1. The van der Waals surface area contributed by atoms with Gasteiger partial charge in [0.05, 0.1) is 13.0 Å². The van der Waals surface area contributed by atoms with E-state index in [0.717, 1.165) is 24.8 Å². The molecule has 5 nitrogen and oxygen atoms in total. The average molecular weight is 305 g/mol. The minimum atomic E-state index is -0.357. The quantitative estimate of drug-likeness (QED) is 0.802. The molecule has 2 atom stereocenters. The van der Waals surface area contributed by atoms with Crippen LogP contribution in [0.3, 0.4) is 0 Å². The molecule has 1 amide bonds. The van der Waals surface area contributed by atoms with Crippen LogP contribution in [0.15, 0.2) is 30.3 Å². The van der Waals surface area contributed by atoms with Gasteiger partial charge in [-0.15, -0.1) is 0 Å². The fourth-order valence-corrected chi connectivity index (χ4v) is 2.84. The zero-order valence-corrected chi connectivity index (χ0v) is 13.2. The highest BCUT2D eigenvalue weighted by Gasteiger charge is 2.35. The van der Waals surface area contributed by atoms with Crippen molar-refractivity contribution < 1.29 is 19.1 Å². The number of methoxy groups -OCH3 is 1. The lowest BCUT2D eigenvalue weighted by atomic mass is 9.92. The van der Waals surface area contributed by atoms with Crippen molar-refractivity contribution in [1.82, 2.24) is 4.90 Å². The number of carbonyl (C=O) groups is 2. The van der Waals surface area contributed by atoms with Crippen molar-refractivity contribution in [3.8, 4) is 0 Å². The Hall–Kier alpha value is -2.04. The third-order valence-corrected chi connectivity index (χ3v) is 4.15. The molecule has 0 N–H and O–H groups in total. The Kier molecular flexibility index (Phi) is 5.81. The van der Waals surface area contributed by atoms with Gasteiger partial charge in [0, 0.05) is 12.6 Å². The van der Waals surface area contributed by atoms with Crippen molar-refractivity contribution >= 4 is 12.1 Å². The van der Waals surface area contributed by atoms with E-state index in [0.29, 0.717) is 6.54 Å². The maximum absolute atomic E-state index is 12.3. The first-order valence-electron chi connectivity index (χ1n) is 7.70. The van der Waals surface area contributed by atoms with Crippen LogP contribution in [0.4, 0.5) is 4.79 Å². The van der Waals surface area contributed by atoms with E-state index < -0.39 is 0 Å². The Morgan fingerprint density at radius 3 is 2.59 bits per heavy atom. The van der Waals surface area contributed by atoms with E-state index in [1.165, 1.54) is 7.11 Å². The molecule has 1 aromatic rings. The van der Waals surface area contributed by atoms with Gasteiger partial charge >= 0.3 is 12.1 Å². The van der Waals surface area contributed by atoms with E-state index >= 15 is 0 Å². The molecule has 2 rings (SSSR count). The number of likely N-dealkylation sites (tertiary alicyclic amines) is 1. The highest BCUT2D eigenvalue weighted by Crippen LogP contribution is 2.25. The summed E-state index contributed by atoms with van der Waals surface area (Å²) in [5.74, 6) is -0.507. The first-order valence-corrected chi connectivity index (χ1v) is 7.70. The number of carbonyl (C=O) groups excluding carboxylic acids is 2. The van der Waals surface area contributed by atoms with Gasteiger partial charge in [-0.2, -0.15) is 0 Å². The lowest BCUT2D eigenvalue weighted by Crippen LogP contribution is -2.48. The van der Waals surface area contributed by atoms with E-state index in [-0.39, 0.29) is 30.6 Å². The molecule has 1 aliphatic heterocycles. The number of benzene rings is 1. The van der Waals surface area contributed by atoms with Gasteiger partial charge in [-0.25, -0.2) is 4.79 Å². The predicted molar refractivity (Wildman–Crippen MR) is 82.2 cm³/mol. The van der Waals surface area contributed by atoms with E-state index in [4.69, 9.17) is 9.47 Å². The van der Waals surface area contributed by atoms with Crippen molar-refractivity contribution in [3.63, 3.8) is 0 Å². The van der Waals surface area contributed by atoms with Gasteiger partial charge in [-0.1, -0.05) is 37.3 Å². The largest absolute Gasteiger partial charge is 0.469 e. The average Bonchev–Trinajstić information content (AvgIpc) is 2.59. The summed E-state index contributed by atoms with van der Waals surface area (Å²) in [6.45, 7) is 2.66. The van der Waals surface area contributed by atoms with E-state index in [9.17, 15) is 9.59 Å².